The van der Waals surface area contributed by atoms with Crippen molar-refractivity contribution in [2.75, 3.05) is 13.2 Å². The van der Waals surface area contributed by atoms with Crippen molar-refractivity contribution < 1.29 is 14.3 Å². The third-order valence-electron chi connectivity index (χ3n) is 3.93. The molecule has 0 spiro atoms. The Hall–Kier alpha value is -3.31. The highest BCUT2D eigenvalue weighted by Crippen LogP contribution is 2.23. The maximum Gasteiger partial charge on any atom is 0.271 e. The van der Waals surface area contributed by atoms with Crippen LogP contribution in [0.4, 0.5) is 0 Å². The van der Waals surface area contributed by atoms with Crippen molar-refractivity contribution in [1.29, 1.82) is 0 Å². The molecule has 0 aromatic heterocycles. The first-order chi connectivity index (χ1) is 14.2. The number of carbonyl (C=O) groups is 1. The van der Waals surface area contributed by atoms with Crippen molar-refractivity contribution >= 4 is 23.7 Å². The Balaban J connectivity index is 1.42. The van der Waals surface area contributed by atoms with E-state index in [1.54, 1.807) is 36.5 Å². The molecule has 0 heterocycles. The lowest BCUT2D eigenvalue weighted by atomic mass is 10.2. The molecule has 0 saturated carbocycles. The number of halogens is 1. The van der Waals surface area contributed by atoms with Gasteiger partial charge in [0.2, 0.25) is 0 Å². The highest BCUT2D eigenvalue weighted by Gasteiger charge is 2.02. The third-order valence-corrected chi connectivity index (χ3v) is 4.24. The fourth-order valence-electron chi connectivity index (χ4n) is 2.50. The number of carbonyl (C=O) groups excluding carboxylic acids is 1. The predicted molar refractivity (Wildman–Crippen MR) is 115 cm³/mol. The van der Waals surface area contributed by atoms with Crippen LogP contribution in [0.15, 0.2) is 84.0 Å². The molecule has 3 aromatic carbocycles. The summed E-state index contributed by atoms with van der Waals surface area (Å²) in [5.74, 6) is 1.14. The fourth-order valence-corrected chi connectivity index (χ4v) is 2.69. The van der Waals surface area contributed by atoms with E-state index in [-0.39, 0.29) is 5.91 Å². The summed E-state index contributed by atoms with van der Waals surface area (Å²) in [6.07, 6.45) is 2.30. The first kappa shape index (κ1) is 20.4. The predicted octanol–water partition coefficient (Wildman–Crippen LogP) is 4.95. The van der Waals surface area contributed by atoms with Crippen LogP contribution in [0.5, 0.6) is 11.5 Å². The highest BCUT2D eigenvalue weighted by molar-refractivity contribution is 6.32. The standard InChI is InChI=1S/C23H21ClN2O3/c24-21-12-4-5-13-22(21)29-15-7-14-28-20-11-6-8-18(16-20)17-25-26-23(27)19-9-2-1-3-10-19/h1-6,8-13,16-17H,7,14-15H2,(H,26,27). The van der Waals surface area contributed by atoms with E-state index in [4.69, 9.17) is 21.1 Å². The van der Waals surface area contributed by atoms with Crippen LogP contribution in [0, 0.1) is 0 Å². The second kappa shape index (κ2) is 10.9. The Morgan fingerprint density at radius 1 is 0.931 bits per heavy atom. The Labute approximate surface area is 174 Å². The largest absolute Gasteiger partial charge is 0.493 e. The van der Waals surface area contributed by atoms with Gasteiger partial charge in [0.1, 0.15) is 11.5 Å². The van der Waals surface area contributed by atoms with E-state index >= 15 is 0 Å². The maximum absolute atomic E-state index is 12.0. The molecule has 0 saturated heterocycles. The summed E-state index contributed by atoms with van der Waals surface area (Å²) >= 11 is 6.05. The lowest BCUT2D eigenvalue weighted by Gasteiger charge is -2.09. The molecule has 3 aromatic rings. The monoisotopic (exact) mass is 408 g/mol. The normalized spacial score (nSPS) is 10.7. The topological polar surface area (TPSA) is 59.9 Å². The second-order valence-electron chi connectivity index (χ2n) is 6.12. The van der Waals surface area contributed by atoms with Crippen molar-refractivity contribution in [3.63, 3.8) is 0 Å². The molecular formula is C23H21ClN2O3. The zero-order chi connectivity index (χ0) is 20.3. The SMILES string of the molecule is O=C(NN=Cc1cccc(OCCCOc2ccccc2Cl)c1)c1ccccc1. The summed E-state index contributed by atoms with van der Waals surface area (Å²) in [5, 5.41) is 4.59. The van der Waals surface area contributed by atoms with Crippen molar-refractivity contribution in [3.8, 4) is 11.5 Å². The minimum atomic E-state index is -0.257. The molecule has 1 amide bonds. The van der Waals surface area contributed by atoms with Crippen LogP contribution in [0.3, 0.4) is 0 Å². The molecule has 0 aliphatic rings. The Morgan fingerprint density at radius 3 is 2.52 bits per heavy atom. The van der Waals surface area contributed by atoms with E-state index in [9.17, 15) is 4.79 Å². The lowest BCUT2D eigenvalue weighted by Crippen LogP contribution is -2.17. The minimum absolute atomic E-state index is 0.257. The molecule has 0 bridgehead atoms. The average Bonchev–Trinajstić information content (AvgIpc) is 2.75. The summed E-state index contributed by atoms with van der Waals surface area (Å²) in [4.78, 5) is 12.0. The maximum atomic E-state index is 12.0. The van der Waals surface area contributed by atoms with Crippen LogP contribution >= 0.6 is 11.6 Å². The molecule has 1 N–H and O–H groups in total. The Bertz CT molecular complexity index is 961. The molecule has 0 aliphatic carbocycles. The van der Waals surface area contributed by atoms with E-state index in [2.05, 4.69) is 10.5 Å². The van der Waals surface area contributed by atoms with Crippen molar-refractivity contribution in [1.82, 2.24) is 5.43 Å². The molecule has 148 valence electrons. The molecule has 0 radical (unpaired) electrons. The molecule has 5 nitrogen and oxygen atoms in total. The van der Waals surface area contributed by atoms with Gasteiger partial charge in [-0.3, -0.25) is 4.79 Å². The number of benzene rings is 3. The fraction of sp³-hybridized carbons (Fsp3) is 0.130. The van der Waals surface area contributed by atoms with Gasteiger partial charge in [0.05, 0.1) is 24.5 Å². The average molecular weight is 409 g/mol. The van der Waals surface area contributed by atoms with Gasteiger partial charge in [-0.25, -0.2) is 5.43 Å². The zero-order valence-corrected chi connectivity index (χ0v) is 16.5. The van der Waals surface area contributed by atoms with Crippen LogP contribution in [0.1, 0.15) is 22.3 Å². The smallest absolute Gasteiger partial charge is 0.271 e. The van der Waals surface area contributed by atoms with E-state index in [0.29, 0.717) is 29.5 Å². The molecule has 29 heavy (non-hydrogen) atoms. The summed E-state index contributed by atoms with van der Waals surface area (Å²) < 4.78 is 11.4. The van der Waals surface area contributed by atoms with Crippen molar-refractivity contribution in [2.24, 2.45) is 5.10 Å². The number of rotatable bonds is 9. The Kier molecular flexibility index (Phi) is 7.66. The number of hydrogen-bond acceptors (Lipinski definition) is 4. The van der Waals surface area contributed by atoms with Crippen LogP contribution < -0.4 is 14.9 Å². The molecule has 0 aliphatic heterocycles. The van der Waals surface area contributed by atoms with Gasteiger partial charge in [0.15, 0.2) is 0 Å². The first-order valence-corrected chi connectivity index (χ1v) is 9.59. The van der Waals surface area contributed by atoms with E-state index in [1.807, 2.05) is 48.5 Å². The molecule has 6 heteroatoms. The van der Waals surface area contributed by atoms with E-state index in [1.165, 1.54) is 0 Å². The van der Waals surface area contributed by atoms with Crippen molar-refractivity contribution in [3.05, 3.63) is 95.0 Å². The highest BCUT2D eigenvalue weighted by atomic mass is 35.5. The minimum Gasteiger partial charge on any atom is -0.493 e. The molecule has 0 atom stereocenters. The molecule has 0 unspecified atom stereocenters. The number of nitrogens with zero attached hydrogens (tertiary/aromatic N) is 1. The van der Waals surface area contributed by atoms with E-state index in [0.717, 1.165) is 17.7 Å². The summed E-state index contributed by atoms with van der Waals surface area (Å²) in [7, 11) is 0. The second-order valence-corrected chi connectivity index (χ2v) is 6.53. The number of amides is 1. The molecule has 3 rings (SSSR count). The summed E-state index contributed by atoms with van der Waals surface area (Å²) in [5.41, 5.74) is 3.89. The van der Waals surface area contributed by atoms with E-state index < -0.39 is 0 Å². The number of hydrazone groups is 1. The van der Waals surface area contributed by atoms with Gasteiger partial charge < -0.3 is 9.47 Å². The number of para-hydroxylation sites is 1. The molecular weight excluding hydrogens is 388 g/mol. The van der Waals surface area contributed by atoms with Gasteiger partial charge in [-0.1, -0.05) is 54.1 Å². The van der Waals surface area contributed by atoms with Gasteiger partial charge in [-0.2, -0.15) is 5.10 Å². The van der Waals surface area contributed by atoms with Crippen LogP contribution in [-0.2, 0) is 0 Å². The number of hydrogen-bond donors (Lipinski definition) is 1. The lowest BCUT2D eigenvalue weighted by molar-refractivity contribution is 0.0955. The third kappa shape index (κ3) is 6.66. The van der Waals surface area contributed by atoms with Crippen LogP contribution in [-0.4, -0.2) is 25.3 Å². The van der Waals surface area contributed by atoms with Gasteiger partial charge in [0, 0.05) is 12.0 Å². The Morgan fingerprint density at radius 2 is 1.69 bits per heavy atom. The van der Waals surface area contributed by atoms with Crippen LogP contribution in [0.2, 0.25) is 5.02 Å². The first-order valence-electron chi connectivity index (χ1n) is 9.21. The van der Waals surface area contributed by atoms with Gasteiger partial charge in [-0.05, 0) is 42.0 Å². The quantitative estimate of drug-likeness (QED) is 0.309. The van der Waals surface area contributed by atoms with Gasteiger partial charge >= 0.3 is 0 Å². The molecule has 0 fully saturated rings. The van der Waals surface area contributed by atoms with Crippen LogP contribution in [0.25, 0.3) is 0 Å². The summed E-state index contributed by atoms with van der Waals surface area (Å²) in [6.45, 7) is 1.02. The summed E-state index contributed by atoms with van der Waals surface area (Å²) in [6, 6.07) is 23.8. The number of nitrogens with one attached hydrogen (secondary N) is 1. The number of ether oxygens (including phenoxy) is 2. The van der Waals surface area contributed by atoms with Gasteiger partial charge in [-0.15, -0.1) is 0 Å². The van der Waals surface area contributed by atoms with Gasteiger partial charge in [0.25, 0.3) is 5.91 Å². The van der Waals surface area contributed by atoms with Crippen molar-refractivity contribution in [2.45, 2.75) is 6.42 Å². The zero-order valence-electron chi connectivity index (χ0n) is 15.8.